The Labute approximate surface area is 123 Å². The molecular weight excluding hydrogens is 264 g/mol. The van der Waals surface area contributed by atoms with Crippen molar-refractivity contribution in [3.05, 3.63) is 48.0 Å². The summed E-state index contributed by atoms with van der Waals surface area (Å²) in [6.45, 7) is 0. The molecule has 0 aromatic heterocycles. The summed E-state index contributed by atoms with van der Waals surface area (Å²) in [5, 5.41) is 5.03. The summed E-state index contributed by atoms with van der Waals surface area (Å²) in [6.07, 6.45) is 2.25. The number of carbonyl (C=O) groups is 2. The van der Waals surface area contributed by atoms with Gasteiger partial charge in [0, 0.05) is 12.3 Å². The van der Waals surface area contributed by atoms with Crippen molar-refractivity contribution in [3.8, 4) is 0 Å². The lowest BCUT2D eigenvalue weighted by atomic mass is 10.0. The summed E-state index contributed by atoms with van der Waals surface area (Å²) in [7, 11) is 0. The predicted molar refractivity (Wildman–Crippen MR) is 81.5 cm³/mol. The van der Waals surface area contributed by atoms with E-state index in [1.54, 1.807) is 0 Å². The fraction of sp³-hybridized carbons (Fsp3) is 0.294. The average molecular weight is 282 g/mol. The average Bonchev–Trinajstić information content (AvgIpc) is 3.31. The van der Waals surface area contributed by atoms with Gasteiger partial charge in [0.2, 0.25) is 11.8 Å². The summed E-state index contributed by atoms with van der Waals surface area (Å²) in [5.74, 6) is -0.472. The number of hydrogen-bond acceptors (Lipinski definition) is 2. The molecule has 4 heteroatoms. The molecule has 2 amide bonds. The zero-order valence-corrected chi connectivity index (χ0v) is 11.7. The molecule has 0 radical (unpaired) electrons. The number of rotatable bonds is 5. The van der Waals surface area contributed by atoms with Gasteiger partial charge in [-0.15, -0.1) is 0 Å². The molecule has 1 fully saturated rings. The van der Waals surface area contributed by atoms with Crippen LogP contribution in [0.3, 0.4) is 0 Å². The maximum absolute atomic E-state index is 11.8. The van der Waals surface area contributed by atoms with Crippen LogP contribution >= 0.6 is 0 Å². The zero-order chi connectivity index (χ0) is 14.8. The third kappa shape index (κ3) is 3.21. The van der Waals surface area contributed by atoms with Crippen LogP contribution in [0, 0.1) is 5.92 Å². The van der Waals surface area contributed by atoms with Gasteiger partial charge < -0.3 is 11.1 Å². The van der Waals surface area contributed by atoms with Crippen LogP contribution in [0.4, 0.5) is 0 Å². The molecule has 2 aromatic rings. The standard InChI is InChI=1S/C17H18N2O2/c18-16(20)15(19-17(21)13-7-8-13)10-11-5-6-12-3-1-2-4-14(12)9-11/h1-6,9,13,15H,7-8,10H2,(H2,18,20)(H,19,21)/t15-/m0/s1. The minimum absolute atomic E-state index is 0.0559. The fourth-order valence-corrected chi connectivity index (χ4v) is 2.46. The molecule has 3 rings (SSSR count). The van der Waals surface area contributed by atoms with Gasteiger partial charge in [-0.1, -0.05) is 42.5 Å². The monoisotopic (exact) mass is 282 g/mol. The van der Waals surface area contributed by atoms with Gasteiger partial charge in [-0.05, 0) is 29.2 Å². The van der Waals surface area contributed by atoms with E-state index in [9.17, 15) is 9.59 Å². The van der Waals surface area contributed by atoms with Gasteiger partial charge in [0.25, 0.3) is 0 Å². The van der Waals surface area contributed by atoms with Gasteiger partial charge in [0.15, 0.2) is 0 Å². The Morgan fingerprint density at radius 2 is 1.86 bits per heavy atom. The van der Waals surface area contributed by atoms with E-state index in [1.165, 1.54) is 0 Å². The van der Waals surface area contributed by atoms with E-state index < -0.39 is 11.9 Å². The lowest BCUT2D eigenvalue weighted by Gasteiger charge is -2.15. The van der Waals surface area contributed by atoms with Gasteiger partial charge in [-0.3, -0.25) is 9.59 Å². The predicted octanol–water partition coefficient (Wildman–Crippen LogP) is 1.76. The summed E-state index contributed by atoms with van der Waals surface area (Å²) in [5.41, 5.74) is 6.41. The first kappa shape index (κ1) is 13.6. The normalized spacial score (nSPS) is 15.6. The first-order valence-electron chi connectivity index (χ1n) is 7.21. The molecule has 1 saturated carbocycles. The van der Waals surface area contributed by atoms with Crippen molar-refractivity contribution in [1.82, 2.24) is 5.32 Å². The molecular formula is C17H18N2O2. The maximum Gasteiger partial charge on any atom is 0.240 e. The molecule has 4 nitrogen and oxygen atoms in total. The van der Waals surface area contributed by atoms with Crippen molar-refractivity contribution < 1.29 is 9.59 Å². The number of nitrogens with two attached hydrogens (primary N) is 1. The van der Waals surface area contributed by atoms with Crippen molar-refractivity contribution in [1.29, 1.82) is 0 Å². The topological polar surface area (TPSA) is 72.2 Å². The number of amides is 2. The molecule has 0 unspecified atom stereocenters. The molecule has 3 N–H and O–H groups in total. The van der Waals surface area contributed by atoms with E-state index in [1.807, 2.05) is 42.5 Å². The summed E-state index contributed by atoms with van der Waals surface area (Å²) >= 11 is 0. The Hall–Kier alpha value is -2.36. The molecule has 0 saturated heterocycles. The van der Waals surface area contributed by atoms with Crippen LogP contribution in [0.5, 0.6) is 0 Å². The molecule has 0 spiro atoms. The number of carbonyl (C=O) groups excluding carboxylic acids is 2. The van der Waals surface area contributed by atoms with E-state index in [2.05, 4.69) is 5.32 Å². The highest BCUT2D eigenvalue weighted by Gasteiger charge is 2.32. The van der Waals surface area contributed by atoms with Crippen molar-refractivity contribution in [2.45, 2.75) is 25.3 Å². The van der Waals surface area contributed by atoms with Crippen molar-refractivity contribution >= 4 is 22.6 Å². The second-order valence-electron chi connectivity index (χ2n) is 5.62. The first-order chi connectivity index (χ1) is 10.1. The molecule has 108 valence electrons. The van der Waals surface area contributed by atoms with Gasteiger partial charge >= 0.3 is 0 Å². The molecule has 2 aromatic carbocycles. The van der Waals surface area contributed by atoms with Gasteiger partial charge in [-0.2, -0.15) is 0 Å². The van der Waals surface area contributed by atoms with Gasteiger partial charge in [0.1, 0.15) is 6.04 Å². The first-order valence-corrected chi connectivity index (χ1v) is 7.21. The molecule has 1 aliphatic rings. The third-order valence-corrected chi connectivity index (χ3v) is 3.86. The summed E-state index contributed by atoms with van der Waals surface area (Å²) in [6, 6.07) is 13.4. The van der Waals surface area contributed by atoms with Gasteiger partial charge in [0.05, 0.1) is 0 Å². The molecule has 0 heterocycles. The Bertz CT molecular complexity index is 692. The maximum atomic E-state index is 11.8. The van der Waals surface area contributed by atoms with Crippen LogP contribution < -0.4 is 11.1 Å². The molecule has 1 atom stereocenters. The molecule has 0 aliphatic heterocycles. The number of primary amides is 1. The second-order valence-corrected chi connectivity index (χ2v) is 5.62. The fourth-order valence-electron chi connectivity index (χ4n) is 2.46. The van der Waals surface area contributed by atoms with Crippen LogP contribution in [0.1, 0.15) is 18.4 Å². The quantitative estimate of drug-likeness (QED) is 0.877. The van der Waals surface area contributed by atoms with E-state index in [-0.39, 0.29) is 11.8 Å². The largest absolute Gasteiger partial charge is 0.368 e. The number of benzene rings is 2. The molecule has 1 aliphatic carbocycles. The Morgan fingerprint density at radius 1 is 1.14 bits per heavy atom. The van der Waals surface area contributed by atoms with Crippen molar-refractivity contribution in [2.75, 3.05) is 0 Å². The Morgan fingerprint density at radius 3 is 2.52 bits per heavy atom. The number of hydrogen-bond donors (Lipinski definition) is 2. The number of nitrogens with one attached hydrogen (secondary N) is 1. The molecule has 0 bridgehead atoms. The Kier molecular flexibility index (Phi) is 3.60. The lowest BCUT2D eigenvalue weighted by molar-refractivity contribution is -0.128. The van der Waals surface area contributed by atoms with Crippen molar-refractivity contribution in [2.24, 2.45) is 11.7 Å². The minimum Gasteiger partial charge on any atom is -0.368 e. The van der Waals surface area contributed by atoms with Crippen LogP contribution in [-0.2, 0) is 16.0 Å². The van der Waals surface area contributed by atoms with Crippen LogP contribution in [0.15, 0.2) is 42.5 Å². The summed E-state index contributed by atoms with van der Waals surface area (Å²) < 4.78 is 0. The minimum atomic E-state index is -0.640. The van der Waals surface area contributed by atoms with Crippen molar-refractivity contribution in [3.63, 3.8) is 0 Å². The highest BCUT2D eigenvalue weighted by molar-refractivity contribution is 5.89. The van der Waals surface area contributed by atoms with Crippen LogP contribution in [-0.4, -0.2) is 17.9 Å². The van der Waals surface area contributed by atoms with E-state index in [0.29, 0.717) is 6.42 Å². The highest BCUT2D eigenvalue weighted by Crippen LogP contribution is 2.29. The van der Waals surface area contributed by atoms with E-state index >= 15 is 0 Å². The SMILES string of the molecule is NC(=O)[C@H](Cc1ccc2ccccc2c1)NC(=O)C1CC1. The number of fused-ring (bicyclic) bond motifs is 1. The highest BCUT2D eigenvalue weighted by atomic mass is 16.2. The third-order valence-electron chi connectivity index (χ3n) is 3.86. The Balaban J connectivity index is 1.76. The lowest BCUT2D eigenvalue weighted by Crippen LogP contribution is -2.46. The van der Waals surface area contributed by atoms with Crippen LogP contribution in [0.25, 0.3) is 10.8 Å². The van der Waals surface area contributed by atoms with E-state index in [0.717, 1.165) is 29.2 Å². The van der Waals surface area contributed by atoms with Crippen LogP contribution in [0.2, 0.25) is 0 Å². The molecule has 21 heavy (non-hydrogen) atoms. The van der Waals surface area contributed by atoms with E-state index in [4.69, 9.17) is 5.73 Å². The zero-order valence-electron chi connectivity index (χ0n) is 11.7. The second kappa shape index (κ2) is 5.56. The summed E-state index contributed by atoms with van der Waals surface area (Å²) in [4.78, 5) is 23.4. The van der Waals surface area contributed by atoms with Gasteiger partial charge in [-0.25, -0.2) is 0 Å². The smallest absolute Gasteiger partial charge is 0.240 e.